The number of nitrogens with one attached hydrogen (secondary N) is 1. The number of pyridine rings is 1. The summed E-state index contributed by atoms with van der Waals surface area (Å²) in [7, 11) is 1.64. The van der Waals surface area contributed by atoms with Gasteiger partial charge in [-0.3, -0.25) is 4.98 Å². The highest BCUT2D eigenvalue weighted by molar-refractivity contribution is 5.39. The van der Waals surface area contributed by atoms with Crippen LogP contribution in [0.2, 0.25) is 0 Å². The van der Waals surface area contributed by atoms with Crippen molar-refractivity contribution in [2.45, 2.75) is 19.9 Å². The maximum atomic E-state index is 5.56. The Morgan fingerprint density at radius 1 is 1.14 bits per heavy atom. The minimum absolute atomic E-state index is 0.473. The van der Waals surface area contributed by atoms with Gasteiger partial charge in [-0.1, -0.05) is 6.92 Å². The lowest BCUT2D eigenvalue weighted by Crippen LogP contribution is -2.09. The molecule has 6 heteroatoms. The van der Waals surface area contributed by atoms with Crippen LogP contribution < -0.4 is 10.1 Å². The zero-order valence-electron chi connectivity index (χ0n) is 12.4. The standard InChI is InChI=1S/C15H20N4O2/c1-3-13-18-14(10-15(19-13)21-9-8-20-2)17-11-12-4-6-16-7-5-12/h4-7,10H,3,8-9,11H2,1-2H3,(H,17,18,19). The van der Waals surface area contributed by atoms with E-state index in [0.717, 1.165) is 23.6 Å². The Bertz CT molecular complexity index is 549. The van der Waals surface area contributed by atoms with Gasteiger partial charge in [0.05, 0.1) is 6.61 Å². The predicted octanol–water partition coefficient (Wildman–Crippen LogP) is 2.07. The first-order valence-electron chi connectivity index (χ1n) is 6.94. The Balaban J connectivity index is 2.02. The summed E-state index contributed by atoms with van der Waals surface area (Å²) < 4.78 is 10.5. The zero-order valence-corrected chi connectivity index (χ0v) is 12.4. The van der Waals surface area contributed by atoms with Crippen molar-refractivity contribution in [1.82, 2.24) is 15.0 Å². The van der Waals surface area contributed by atoms with Gasteiger partial charge >= 0.3 is 0 Å². The second-order valence-electron chi connectivity index (χ2n) is 4.41. The molecule has 0 aromatic carbocycles. The number of hydrogen-bond acceptors (Lipinski definition) is 6. The van der Waals surface area contributed by atoms with Gasteiger partial charge in [0.15, 0.2) is 0 Å². The van der Waals surface area contributed by atoms with E-state index in [2.05, 4.69) is 20.3 Å². The number of ether oxygens (including phenoxy) is 2. The summed E-state index contributed by atoms with van der Waals surface area (Å²) >= 11 is 0. The summed E-state index contributed by atoms with van der Waals surface area (Å²) in [5.74, 6) is 2.07. The molecule has 0 spiro atoms. The molecule has 0 fully saturated rings. The van der Waals surface area contributed by atoms with Crippen LogP contribution in [0.25, 0.3) is 0 Å². The normalized spacial score (nSPS) is 10.4. The van der Waals surface area contributed by atoms with E-state index in [1.54, 1.807) is 25.6 Å². The van der Waals surface area contributed by atoms with E-state index in [-0.39, 0.29) is 0 Å². The van der Waals surface area contributed by atoms with Crippen molar-refractivity contribution in [2.75, 3.05) is 25.6 Å². The largest absolute Gasteiger partial charge is 0.475 e. The maximum absolute atomic E-state index is 5.56. The fraction of sp³-hybridized carbons (Fsp3) is 0.400. The Morgan fingerprint density at radius 3 is 2.67 bits per heavy atom. The third-order valence-corrected chi connectivity index (χ3v) is 2.83. The second-order valence-corrected chi connectivity index (χ2v) is 4.41. The van der Waals surface area contributed by atoms with Crippen molar-refractivity contribution >= 4 is 5.82 Å². The van der Waals surface area contributed by atoms with Gasteiger partial charge in [-0.2, -0.15) is 4.98 Å². The molecule has 0 aliphatic carbocycles. The first-order chi connectivity index (χ1) is 10.3. The number of anilines is 1. The molecule has 0 aliphatic rings. The first-order valence-corrected chi connectivity index (χ1v) is 6.94. The smallest absolute Gasteiger partial charge is 0.218 e. The molecule has 0 saturated carbocycles. The molecule has 21 heavy (non-hydrogen) atoms. The van der Waals surface area contributed by atoms with E-state index in [1.165, 1.54) is 0 Å². The summed E-state index contributed by atoms with van der Waals surface area (Å²) in [6.45, 7) is 3.70. The van der Waals surface area contributed by atoms with Gasteiger partial charge in [0, 0.05) is 38.5 Å². The van der Waals surface area contributed by atoms with Gasteiger partial charge in [0.2, 0.25) is 5.88 Å². The summed E-state index contributed by atoms with van der Waals surface area (Å²) in [6.07, 6.45) is 4.30. The van der Waals surface area contributed by atoms with Crippen molar-refractivity contribution in [1.29, 1.82) is 0 Å². The summed E-state index contributed by atoms with van der Waals surface area (Å²) in [6, 6.07) is 5.73. The lowest BCUT2D eigenvalue weighted by Gasteiger charge is -2.10. The average Bonchev–Trinajstić information content (AvgIpc) is 2.54. The molecule has 0 unspecified atom stereocenters. The molecule has 1 N–H and O–H groups in total. The SMILES string of the molecule is CCc1nc(NCc2ccncc2)cc(OCCOC)n1. The highest BCUT2D eigenvalue weighted by Gasteiger charge is 2.04. The fourth-order valence-electron chi connectivity index (χ4n) is 1.72. The number of nitrogens with zero attached hydrogens (tertiary/aromatic N) is 3. The van der Waals surface area contributed by atoms with Gasteiger partial charge in [0.1, 0.15) is 18.2 Å². The molecule has 0 atom stereocenters. The van der Waals surface area contributed by atoms with Crippen LogP contribution in [0.5, 0.6) is 5.88 Å². The molecule has 0 bridgehead atoms. The molecule has 112 valence electrons. The number of hydrogen-bond donors (Lipinski definition) is 1. The van der Waals surface area contributed by atoms with Crippen LogP contribution in [0.1, 0.15) is 18.3 Å². The number of methoxy groups -OCH3 is 1. The quantitative estimate of drug-likeness (QED) is 0.750. The summed E-state index contributed by atoms with van der Waals surface area (Å²) in [4.78, 5) is 12.8. The summed E-state index contributed by atoms with van der Waals surface area (Å²) in [5.41, 5.74) is 1.14. The van der Waals surface area contributed by atoms with Gasteiger partial charge < -0.3 is 14.8 Å². The lowest BCUT2D eigenvalue weighted by atomic mass is 10.3. The van der Waals surface area contributed by atoms with Crippen LogP contribution in [0.3, 0.4) is 0 Å². The second kappa shape index (κ2) is 8.16. The predicted molar refractivity (Wildman–Crippen MR) is 80.3 cm³/mol. The van der Waals surface area contributed by atoms with Crippen LogP contribution in [0.4, 0.5) is 5.82 Å². The van der Waals surface area contributed by atoms with Crippen LogP contribution >= 0.6 is 0 Å². The molecule has 0 saturated heterocycles. The van der Waals surface area contributed by atoms with Crippen molar-refractivity contribution < 1.29 is 9.47 Å². The molecule has 0 amide bonds. The molecule has 2 rings (SSSR count). The molecule has 2 aromatic heterocycles. The molecule has 0 radical (unpaired) electrons. The number of aromatic nitrogens is 3. The summed E-state index contributed by atoms with van der Waals surface area (Å²) in [5, 5.41) is 3.28. The molecule has 6 nitrogen and oxygen atoms in total. The highest BCUT2D eigenvalue weighted by Crippen LogP contribution is 2.15. The molecule has 2 aromatic rings. The third-order valence-electron chi connectivity index (χ3n) is 2.83. The Hall–Kier alpha value is -2.21. The van der Waals surface area contributed by atoms with E-state index in [9.17, 15) is 0 Å². The minimum Gasteiger partial charge on any atom is -0.475 e. The lowest BCUT2D eigenvalue weighted by molar-refractivity contribution is 0.143. The van der Waals surface area contributed by atoms with Gasteiger partial charge in [0.25, 0.3) is 0 Å². The van der Waals surface area contributed by atoms with Gasteiger partial charge in [-0.15, -0.1) is 0 Å². The average molecular weight is 288 g/mol. The Morgan fingerprint density at radius 2 is 1.95 bits per heavy atom. The molecule has 2 heterocycles. The monoisotopic (exact) mass is 288 g/mol. The Labute approximate surface area is 124 Å². The topological polar surface area (TPSA) is 69.2 Å². The van der Waals surface area contributed by atoms with Crippen LogP contribution in [0, 0.1) is 0 Å². The van der Waals surface area contributed by atoms with Crippen molar-refractivity contribution in [3.05, 3.63) is 42.0 Å². The van der Waals surface area contributed by atoms with Gasteiger partial charge in [-0.05, 0) is 17.7 Å². The van der Waals surface area contributed by atoms with Crippen LogP contribution in [0.15, 0.2) is 30.6 Å². The van der Waals surface area contributed by atoms with E-state index in [0.29, 0.717) is 25.6 Å². The van der Waals surface area contributed by atoms with E-state index >= 15 is 0 Å². The van der Waals surface area contributed by atoms with Crippen molar-refractivity contribution in [2.24, 2.45) is 0 Å². The van der Waals surface area contributed by atoms with E-state index < -0.39 is 0 Å². The maximum Gasteiger partial charge on any atom is 0.218 e. The highest BCUT2D eigenvalue weighted by atomic mass is 16.5. The third kappa shape index (κ3) is 5.00. The molecule has 0 aliphatic heterocycles. The van der Waals surface area contributed by atoms with Gasteiger partial charge in [-0.25, -0.2) is 4.98 Å². The molecular formula is C15H20N4O2. The van der Waals surface area contributed by atoms with Crippen LogP contribution in [-0.2, 0) is 17.7 Å². The van der Waals surface area contributed by atoms with E-state index in [1.807, 2.05) is 19.1 Å². The van der Waals surface area contributed by atoms with Crippen molar-refractivity contribution in [3.8, 4) is 5.88 Å². The van der Waals surface area contributed by atoms with Crippen molar-refractivity contribution in [3.63, 3.8) is 0 Å². The first kappa shape index (κ1) is 15.2. The number of rotatable bonds is 8. The van der Waals surface area contributed by atoms with E-state index in [4.69, 9.17) is 9.47 Å². The number of aryl methyl sites for hydroxylation is 1. The molecular weight excluding hydrogens is 268 g/mol. The zero-order chi connectivity index (χ0) is 14.9. The van der Waals surface area contributed by atoms with Crippen LogP contribution in [-0.4, -0.2) is 35.3 Å². The Kier molecular flexibility index (Phi) is 5.90. The fourth-order valence-corrected chi connectivity index (χ4v) is 1.72. The minimum atomic E-state index is 0.473.